The van der Waals surface area contributed by atoms with Gasteiger partial charge in [-0.05, 0) is 47.9 Å². The van der Waals surface area contributed by atoms with Gasteiger partial charge in [0.25, 0.3) is 5.91 Å². The van der Waals surface area contributed by atoms with Crippen molar-refractivity contribution >= 4 is 23.2 Å². The second kappa shape index (κ2) is 10.4. The first-order valence-electron chi connectivity index (χ1n) is 12.0. The summed E-state index contributed by atoms with van der Waals surface area (Å²) in [7, 11) is 3.26. The van der Waals surface area contributed by atoms with E-state index in [1.54, 1.807) is 14.2 Å². The average Bonchev–Trinajstić information content (AvgIpc) is 3.45. The van der Waals surface area contributed by atoms with Crippen molar-refractivity contribution in [1.29, 1.82) is 0 Å². The van der Waals surface area contributed by atoms with Crippen LogP contribution in [0.2, 0.25) is 0 Å². The van der Waals surface area contributed by atoms with Crippen molar-refractivity contribution in [2.45, 2.75) is 51.2 Å². The molecule has 1 aromatic carbocycles. The summed E-state index contributed by atoms with van der Waals surface area (Å²) in [6.45, 7) is 6.19. The molecule has 4 rings (SSSR count). The Kier molecular flexibility index (Phi) is 7.48. The Morgan fingerprint density at radius 2 is 1.91 bits per heavy atom. The number of ether oxygens (including phenoxy) is 2. The van der Waals surface area contributed by atoms with E-state index >= 15 is 0 Å². The van der Waals surface area contributed by atoms with Crippen LogP contribution in [-0.2, 0) is 11.2 Å². The van der Waals surface area contributed by atoms with Crippen LogP contribution in [0.25, 0.3) is 0 Å². The van der Waals surface area contributed by atoms with Gasteiger partial charge in [0.1, 0.15) is 0 Å². The number of thiophene rings is 1. The summed E-state index contributed by atoms with van der Waals surface area (Å²) in [6, 6.07) is 9.52. The van der Waals surface area contributed by atoms with Crippen molar-refractivity contribution in [3.63, 3.8) is 0 Å². The SMILES string of the molecule is COc1ccc(CCN2C(=O)[C@H](CC(C)C)NC23CCN(C(=O)c2cccs2)CC3)cc1OC. The first-order chi connectivity index (χ1) is 16.4. The molecule has 2 aromatic rings. The molecule has 2 saturated heterocycles. The Morgan fingerprint density at radius 3 is 2.53 bits per heavy atom. The molecular weight excluding hydrogens is 450 g/mol. The van der Waals surface area contributed by atoms with Gasteiger partial charge in [-0.25, -0.2) is 0 Å². The number of piperidine rings is 1. The van der Waals surface area contributed by atoms with Crippen LogP contribution in [-0.4, -0.2) is 67.2 Å². The van der Waals surface area contributed by atoms with Crippen molar-refractivity contribution in [2.75, 3.05) is 33.9 Å². The molecule has 2 fully saturated rings. The third-order valence-electron chi connectivity index (χ3n) is 6.91. The smallest absolute Gasteiger partial charge is 0.263 e. The minimum absolute atomic E-state index is 0.0878. The maximum Gasteiger partial charge on any atom is 0.263 e. The van der Waals surface area contributed by atoms with E-state index in [4.69, 9.17) is 9.47 Å². The minimum atomic E-state index is -0.403. The molecule has 0 unspecified atom stereocenters. The van der Waals surface area contributed by atoms with Crippen molar-refractivity contribution < 1.29 is 19.1 Å². The topological polar surface area (TPSA) is 71.1 Å². The number of amides is 2. The number of carbonyl (C=O) groups is 2. The second-order valence-electron chi connectivity index (χ2n) is 9.56. The number of hydrogen-bond donors (Lipinski definition) is 1. The van der Waals surface area contributed by atoms with Gasteiger partial charge in [-0.2, -0.15) is 0 Å². The molecule has 1 spiro atoms. The lowest BCUT2D eigenvalue weighted by Crippen LogP contribution is -2.59. The summed E-state index contributed by atoms with van der Waals surface area (Å²) >= 11 is 1.48. The fraction of sp³-hybridized carbons (Fsp3) is 0.538. The Balaban J connectivity index is 1.49. The van der Waals surface area contributed by atoms with E-state index in [1.807, 2.05) is 45.5 Å². The van der Waals surface area contributed by atoms with Gasteiger partial charge in [-0.1, -0.05) is 26.0 Å². The molecule has 34 heavy (non-hydrogen) atoms. The fourth-order valence-corrected chi connectivity index (χ4v) is 5.84. The third-order valence-corrected chi connectivity index (χ3v) is 7.77. The molecule has 3 heterocycles. The van der Waals surface area contributed by atoms with Crippen LogP contribution in [0, 0.1) is 5.92 Å². The molecule has 0 radical (unpaired) electrons. The molecule has 184 valence electrons. The summed E-state index contributed by atoms with van der Waals surface area (Å²) in [4.78, 5) is 31.1. The highest BCUT2D eigenvalue weighted by Gasteiger charge is 2.51. The molecule has 2 amide bonds. The maximum absolute atomic E-state index is 13.5. The van der Waals surface area contributed by atoms with Crippen molar-refractivity contribution in [2.24, 2.45) is 5.92 Å². The summed E-state index contributed by atoms with van der Waals surface area (Å²) in [6.07, 6.45) is 3.00. The van der Waals surface area contributed by atoms with Gasteiger partial charge in [-0.3, -0.25) is 14.9 Å². The first kappa shape index (κ1) is 24.5. The predicted octanol–water partition coefficient (Wildman–Crippen LogP) is 3.79. The van der Waals surface area contributed by atoms with Gasteiger partial charge < -0.3 is 19.3 Å². The van der Waals surface area contributed by atoms with E-state index in [0.717, 1.165) is 36.1 Å². The van der Waals surface area contributed by atoms with Crippen LogP contribution in [0.3, 0.4) is 0 Å². The van der Waals surface area contributed by atoms with E-state index in [-0.39, 0.29) is 17.9 Å². The number of benzene rings is 1. The molecule has 0 bridgehead atoms. The zero-order valence-corrected chi connectivity index (χ0v) is 21.3. The molecule has 2 aliphatic rings. The third kappa shape index (κ3) is 4.93. The Morgan fingerprint density at radius 1 is 1.18 bits per heavy atom. The van der Waals surface area contributed by atoms with Crippen molar-refractivity contribution in [3.8, 4) is 11.5 Å². The zero-order chi connectivity index (χ0) is 24.3. The lowest BCUT2D eigenvalue weighted by atomic mass is 9.95. The number of carbonyl (C=O) groups excluding carboxylic acids is 2. The lowest BCUT2D eigenvalue weighted by Gasteiger charge is -2.44. The molecule has 8 heteroatoms. The molecular formula is C26H35N3O4S. The second-order valence-corrected chi connectivity index (χ2v) is 10.5. The number of nitrogens with zero attached hydrogens (tertiary/aromatic N) is 2. The van der Waals surface area contributed by atoms with Gasteiger partial charge in [-0.15, -0.1) is 11.3 Å². The molecule has 0 saturated carbocycles. The van der Waals surface area contributed by atoms with Crippen LogP contribution in [0.1, 0.15) is 48.3 Å². The molecule has 7 nitrogen and oxygen atoms in total. The molecule has 2 aliphatic heterocycles. The van der Waals surface area contributed by atoms with E-state index in [9.17, 15) is 9.59 Å². The summed E-state index contributed by atoms with van der Waals surface area (Å²) in [5.74, 6) is 2.07. The van der Waals surface area contributed by atoms with Crippen molar-refractivity contribution in [3.05, 3.63) is 46.2 Å². The number of methoxy groups -OCH3 is 2. The highest BCUT2D eigenvalue weighted by molar-refractivity contribution is 7.12. The van der Waals surface area contributed by atoms with Gasteiger partial charge in [0.05, 0.1) is 30.8 Å². The molecule has 1 aromatic heterocycles. The highest BCUT2D eigenvalue weighted by Crippen LogP contribution is 2.35. The quantitative estimate of drug-likeness (QED) is 0.616. The Labute approximate surface area is 206 Å². The van der Waals surface area contributed by atoms with E-state index in [2.05, 4.69) is 19.2 Å². The van der Waals surface area contributed by atoms with E-state index in [0.29, 0.717) is 37.1 Å². The predicted molar refractivity (Wildman–Crippen MR) is 134 cm³/mol. The average molecular weight is 486 g/mol. The fourth-order valence-electron chi connectivity index (χ4n) is 5.15. The van der Waals surface area contributed by atoms with E-state index in [1.165, 1.54) is 11.3 Å². The van der Waals surface area contributed by atoms with Crippen molar-refractivity contribution in [1.82, 2.24) is 15.1 Å². The van der Waals surface area contributed by atoms with Crippen LogP contribution < -0.4 is 14.8 Å². The monoisotopic (exact) mass is 485 g/mol. The lowest BCUT2D eigenvalue weighted by molar-refractivity contribution is -0.133. The highest BCUT2D eigenvalue weighted by atomic mass is 32.1. The first-order valence-corrected chi connectivity index (χ1v) is 12.9. The Bertz CT molecular complexity index is 999. The molecule has 0 aliphatic carbocycles. The molecule has 1 N–H and O–H groups in total. The summed E-state index contributed by atoms with van der Waals surface area (Å²) in [5, 5.41) is 5.64. The minimum Gasteiger partial charge on any atom is -0.493 e. The zero-order valence-electron chi connectivity index (χ0n) is 20.5. The van der Waals surface area contributed by atoms with Gasteiger partial charge in [0, 0.05) is 32.5 Å². The summed E-state index contributed by atoms with van der Waals surface area (Å²) in [5.41, 5.74) is 0.692. The van der Waals surface area contributed by atoms with Gasteiger partial charge in [0.2, 0.25) is 5.91 Å². The standard InChI is InChI=1S/C26H35N3O4S/c1-18(2)16-20-24(30)29(12-9-19-7-8-21(32-3)22(17-19)33-4)26(27-20)10-13-28(14-11-26)25(31)23-6-5-15-34-23/h5-8,15,17-18,20,27H,9-14,16H2,1-4H3/t20-/m0/s1. The number of likely N-dealkylation sites (tertiary alicyclic amines) is 1. The van der Waals surface area contributed by atoms with Gasteiger partial charge >= 0.3 is 0 Å². The number of hydrogen-bond acceptors (Lipinski definition) is 6. The van der Waals surface area contributed by atoms with Crippen LogP contribution >= 0.6 is 11.3 Å². The van der Waals surface area contributed by atoms with Gasteiger partial charge in [0.15, 0.2) is 11.5 Å². The van der Waals surface area contributed by atoms with Crippen LogP contribution in [0.5, 0.6) is 11.5 Å². The van der Waals surface area contributed by atoms with E-state index < -0.39 is 5.66 Å². The van der Waals surface area contributed by atoms with Crippen LogP contribution in [0.15, 0.2) is 35.7 Å². The van der Waals surface area contributed by atoms with Crippen LogP contribution in [0.4, 0.5) is 0 Å². The molecule has 1 atom stereocenters. The maximum atomic E-state index is 13.5. The normalized spacial score (nSPS) is 19.8. The Hall–Kier alpha value is -2.58. The largest absolute Gasteiger partial charge is 0.493 e. The summed E-state index contributed by atoms with van der Waals surface area (Å²) < 4.78 is 10.8. The number of nitrogens with one attached hydrogen (secondary N) is 1. The number of rotatable bonds is 8.